The number of rotatable bonds is 0. The van der Waals surface area contributed by atoms with Gasteiger partial charge in [-0.1, -0.05) is 0 Å². The molecule has 0 spiro atoms. The van der Waals surface area contributed by atoms with E-state index in [9.17, 15) is 5.11 Å². The topological polar surface area (TPSA) is 23.5 Å². The minimum atomic E-state index is -0.269. The van der Waals surface area contributed by atoms with E-state index in [0.29, 0.717) is 5.92 Å². The molecular formula is C7H13NO. The summed E-state index contributed by atoms with van der Waals surface area (Å²) in [6.07, 6.45) is 2.27. The van der Waals surface area contributed by atoms with Crippen LogP contribution < -0.4 is 0 Å². The van der Waals surface area contributed by atoms with Gasteiger partial charge in [0.25, 0.3) is 0 Å². The van der Waals surface area contributed by atoms with Crippen LogP contribution in [0.4, 0.5) is 0 Å². The Bertz CT molecular complexity index is 137. The number of nitrogens with zero attached hydrogens (tertiary/aromatic N) is 1. The van der Waals surface area contributed by atoms with Crippen LogP contribution in [0.5, 0.6) is 0 Å². The zero-order valence-corrected chi connectivity index (χ0v) is 5.80. The van der Waals surface area contributed by atoms with Crippen LogP contribution in [0.3, 0.4) is 0 Å². The van der Waals surface area contributed by atoms with Gasteiger partial charge in [0, 0.05) is 19.0 Å². The van der Waals surface area contributed by atoms with Crippen molar-refractivity contribution in [1.29, 1.82) is 0 Å². The fraction of sp³-hybridized carbons (Fsp3) is 1.00. The molecule has 1 heterocycles. The largest absolute Gasteiger partial charge is 0.388 e. The number of fused-ring (bicyclic) bond motifs is 1. The lowest BCUT2D eigenvalue weighted by Gasteiger charge is -2.38. The maximum atomic E-state index is 9.68. The number of likely N-dealkylation sites (tertiary alicyclic amines) is 1. The van der Waals surface area contributed by atoms with Gasteiger partial charge in [-0.3, -0.25) is 0 Å². The minimum absolute atomic E-state index is 0.269. The van der Waals surface area contributed by atoms with Crippen LogP contribution in [0.1, 0.15) is 12.8 Å². The molecule has 0 amide bonds. The molecule has 9 heavy (non-hydrogen) atoms. The molecular weight excluding hydrogens is 114 g/mol. The van der Waals surface area contributed by atoms with Gasteiger partial charge < -0.3 is 10.0 Å². The fourth-order valence-electron chi connectivity index (χ4n) is 2.06. The van der Waals surface area contributed by atoms with Gasteiger partial charge >= 0.3 is 0 Å². The first-order valence-electron chi connectivity index (χ1n) is 3.62. The molecule has 0 aromatic rings. The first kappa shape index (κ1) is 5.69. The molecule has 0 aromatic carbocycles. The molecule has 0 radical (unpaired) electrons. The van der Waals surface area contributed by atoms with Gasteiger partial charge in [0.1, 0.15) is 0 Å². The van der Waals surface area contributed by atoms with Crippen molar-refractivity contribution in [3.8, 4) is 0 Å². The number of hydrogen-bond donors (Lipinski definition) is 1. The molecule has 1 aliphatic heterocycles. The Morgan fingerprint density at radius 1 is 1.67 bits per heavy atom. The lowest BCUT2D eigenvalue weighted by atomic mass is 9.72. The van der Waals surface area contributed by atoms with E-state index in [2.05, 4.69) is 11.9 Å². The average Bonchev–Trinajstić information content (AvgIpc) is 1.94. The highest BCUT2D eigenvalue weighted by atomic mass is 16.3. The first-order chi connectivity index (χ1) is 4.21. The Kier molecular flexibility index (Phi) is 0.945. The van der Waals surface area contributed by atoms with Gasteiger partial charge in [-0.25, -0.2) is 0 Å². The maximum absolute atomic E-state index is 9.68. The van der Waals surface area contributed by atoms with E-state index in [4.69, 9.17) is 0 Å². The Labute approximate surface area is 55.5 Å². The van der Waals surface area contributed by atoms with Gasteiger partial charge in [0.15, 0.2) is 0 Å². The number of likely N-dealkylation sites (N-methyl/N-ethyl adjacent to an activating group) is 1. The SMILES string of the molecule is CN1CC2CCC2(O)C1. The summed E-state index contributed by atoms with van der Waals surface area (Å²) >= 11 is 0. The lowest BCUT2D eigenvalue weighted by Crippen LogP contribution is -2.46. The zero-order chi connectivity index (χ0) is 6.48. The Balaban J connectivity index is 2.12. The summed E-state index contributed by atoms with van der Waals surface area (Å²) in [5.41, 5.74) is -0.269. The summed E-state index contributed by atoms with van der Waals surface area (Å²) in [5.74, 6) is 0.600. The average molecular weight is 127 g/mol. The van der Waals surface area contributed by atoms with Crippen LogP contribution in [0.25, 0.3) is 0 Å². The van der Waals surface area contributed by atoms with Crippen molar-refractivity contribution in [2.45, 2.75) is 18.4 Å². The van der Waals surface area contributed by atoms with E-state index in [-0.39, 0.29) is 5.60 Å². The Hall–Kier alpha value is -0.0800. The normalized spacial score (nSPS) is 50.7. The van der Waals surface area contributed by atoms with Crippen molar-refractivity contribution >= 4 is 0 Å². The molecule has 2 atom stereocenters. The molecule has 2 fully saturated rings. The molecule has 2 unspecified atom stereocenters. The molecule has 2 aliphatic rings. The van der Waals surface area contributed by atoms with Gasteiger partial charge in [-0.15, -0.1) is 0 Å². The Morgan fingerprint density at radius 2 is 2.44 bits per heavy atom. The Morgan fingerprint density at radius 3 is 2.67 bits per heavy atom. The van der Waals surface area contributed by atoms with Crippen molar-refractivity contribution in [3.05, 3.63) is 0 Å². The molecule has 1 saturated carbocycles. The molecule has 1 saturated heterocycles. The molecule has 2 rings (SSSR count). The van der Waals surface area contributed by atoms with Gasteiger partial charge in [0.2, 0.25) is 0 Å². The molecule has 52 valence electrons. The van der Waals surface area contributed by atoms with E-state index in [1.165, 1.54) is 6.42 Å². The standard InChI is InChI=1S/C7H13NO/c1-8-4-6-2-3-7(6,9)5-8/h6,9H,2-5H2,1H3. The van der Waals surface area contributed by atoms with Crippen LogP contribution in [0, 0.1) is 5.92 Å². The third-order valence-corrected chi connectivity index (χ3v) is 2.76. The fourth-order valence-corrected chi connectivity index (χ4v) is 2.06. The van der Waals surface area contributed by atoms with Crippen LogP contribution in [0.15, 0.2) is 0 Å². The number of β-amino-alcohol motifs (C(OH)–C–C–N with tert-alkyl or cyclic N) is 1. The molecule has 2 nitrogen and oxygen atoms in total. The smallest absolute Gasteiger partial charge is 0.0814 e. The van der Waals surface area contributed by atoms with Crippen LogP contribution in [-0.4, -0.2) is 35.7 Å². The van der Waals surface area contributed by atoms with Crippen LogP contribution >= 0.6 is 0 Å². The second-order valence-corrected chi connectivity index (χ2v) is 3.54. The summed E-state index contributed by atoms with van der Waals surface area (Å²) in [6.45, 7) is 2.01. The van der Waals surface area contributed by atoms with E-state index in [0.717, 1.165) is 19.5 Å². The molecule has 1 aliphatic carbocycles. The summed E-state index contributed by atoms with van der Waals surface area (Å²) in [7, 11) is 2.08. The van der Waals surface area contributed by atoms with Gasteiger partial charge in [-0.05, 0) is 19.9 Å². The third-order valence-electron chi connectivity index (χ3n) is 2.76. The van der Waals surface area contributed by atoms with Gasteiger partial charge in [0.05, 0.1) is 5.60 Å². The highest BCUT2D eigenvalue weighted by Gasteiger charge is 2.50. The summed E-state index contributed by atoms with van der Waals surface area (Å²) < 4.78 is 0. The summed E-state index contributed by atoms with van der Waals surface area (Å²) in [5, 5.41) is 9.68. The van der Waals surface area contributed by atoms with Crippen molar-refractivity contribution in [3.63, 3.8) is 0 Å². The van der Waals surface area contributed by atoms with Crippen molar-refractivity contribution in [1.82, 2.24) is 4.90 Å². The lowest BCUT2D eigenvalue weighted by molar-refractivity contribution is -0.0588. The minimum Gasteiger partial charge on any atom is -0.388 e. The van der Waals surface area contributed by atoms with E-state index < -0.39 is 0 Å². The molecule has 0 bridgehead atoms. The number of aliphatic hydroxyl groups is 1. The van der Waals surface area contributed by atoms with E-state index in [1.54, 1.807) is 0 Å². The molecule has 2 heteroatoms. The van der Waals surface area contributed by atoms with E-state index >= 15 is 0 Å². The predicted octanol–water partition coefficient (Wildman–Crippen LogP) is 0.0729. The highest BCUT2D eigenvalue weighted by Crippen LogP contribution is 2.43. The predicted molar refractivity (Wildman–Crippen MR) is 35.2 cm³/mol. The van der Waals surface area contributed by atoms with E-state index in [1.807, 2.05) is 0 Å². The maximum Gasteiger partial charge on any atom is 0.0814 e. The quantitative estimate of drug-likeness (QED) is 0.498. The second-order valence-electron chi connectivity index (χ2n) is 3.54. The molecule has 0 aromatic heterocycles. The van der Waals surface area contributed by atoms with Crippen molar-refractivity contribution in [2.75, 3.05) is 20.1 Å². The van der Waals surface area contributed by atoms with Crippen molar-refractivity contribution < 1.29 is 5.11 Å². The number of hydrogen-bond acceptors (Lipinski definition) is 2. The van der Waals surface area contributed by atoms with Crippen molar-refractivity contribution in [2.24, 2.45) is 5.92 Å². The summed E-state index contributed by atoms with van der Waals surface area (Å²) in [4.78, 5) is 2.22. The third kappa shape index (κ3) is 0.634. The second kappa shape index (κ2) is 1.50. The van der Waals surface area contributed by atoms with Crippen LogP contribution in [-0.2, 0) is 0 Å². The summed E-state index contributed by atoms with van der Waals surface area (Å²) in [6, 6.07) is 0. The van der Waals surface area contributed by atoms with Gasteiger partial charge in [-0.2, -0.15) is 0 Å². The monoisotopic (exact) mass is 127 g/mol. The first-order valence-corrected chi connectivity index (χ1v) is 3.62. The van der Waals surface area contributed by atoms with Crippen LogP contribution in [0.2, 0.25) is 0 Å². The zero-order valence-electron chi connectivity index (χ0n) is 5.80. The molecule has 1 N–H and O–H groups in total. The highest BCUT2D eigenvalue weighted by molar-refractivity contribution is 5.03.